The largest absolute Gasteiger partial charge is 0.250 e. The SMILES string of the molecule is N#Cc1nc2c(F)c3c4c(F)c5nc(F)c(C#N)nc5c(F)c4c4c(F)c5nc(F)c(C#N)nc5c(F)c4c3c(F)c2nc1F. The normalized spacial score (nSPS) is 11.6. The van der Waals surface area contributed by atoms with Crippen LogP contribution in [0, 0.1) is 86.7 Å². The smallest absolute Gasteiger partial charge is 0.228 e. The van der Waals surface area contributed by atoms with Crippen molar-refractivity contribution in [2.75, 3.05) is 0 Å². The Kier molecular flexibility index (Phi) is 5.48. The van der Waals surface area contributed by atoms with Crippen LogP contribution < -0.4 is 0 Å². The molecule has 0 aliphatic rings. The van der Waals surface area contributed by atoms with Crippen molar-refractivity contribution in [3.63, 3.8) is 0 Å². The van der Waals surface area contributed by atoms with Gasteiger partial charge in [0, 0.05) is 32.3 Å². The maximum atomic E-state index is 16.3. The monoisotopic (exact) mass is 621 g/mol. The zero-order valence-electron chi connectivity index (χ0n) is 20.9. The minimum absolute atomic E-state index is 1.16. The molecule has 216 valence electrons. The molecule has 18 heteroatoms. The summed E-state index contributed by atoms with van der Waals surface area (Å²) in [5, 5.41) is 19.0. The van der Waals surface area contributed by atoms with Gasteiger partial charge in [0.15, 0.2) is 52.0 Å². The Hall–Kier alpha value is -6.48. The molecule has 7 aromatic rings. The fourth-order valence-electron chi connectivity index (χ4n) is 5.15. The summed E-state index contributed by atoms with van der Waals surface area (Å²) in [5.41, 5.74) is -11.1. The van der Waals surface area contributed by atoms with Crippen molar-refractivity contribution in [1.29, 1.82) is 15.8 Å². The average Bonchev–Trinajstić information content (AvgIpc) is 3.03. The number of rotatable bonds is 0. The third-order valence-corrected chi connectivity index (χ3v) is 6.94. The molecule has 0 spiro atoms. The number of benzene rings is 4. The average molecular weight is 621 g/mol. The molecule has 0 saturated carbocycles. The molecule has 3 heterocycles. The molecule has 4 aromatic carbocycles. The molecule has 0 unspecified atom stereocenters. The lowest BCUT2D eigenvalue weighted by molar-refractivity contribution is 0.568. The van der Waals surface area contributed by atoms with Gasteiger partial charge in [0.2, 0.25) is 17.8 Å². The van der Waals surface area contributed by atoms with E-state index in [0.717, 1.165) is 0 Å². The van der Waals surface area contributed by atoms with Gasteiger partial charge in [-0.05, 0) is 0 Å². The van der Waals surface area contributed by atoms with Crippen molar-refractivity contribution >= 4 is 65.4 Å². The first kappa shape index (κ1) is 27.4. The highest BCUT2D eigenvalue weighted by Gasteiger charge is 2.33. The summed E-state index contributed by atoms with van der Waals surface area (Å²) in [4.78, 5) is 19.5. The zero-order chi connectivity index (χ0) is 32.2. The summed E-state index contributed by atoms with van der Waals surface area (Å²) in [6.45, 7) is 0. The second-order valence-corrected chi connectivity index (χ2v) is 9.15. The fourth-order valence-corrected chi connectivity index (χ4v) is 5.15. The number of hydrogen-bond donors (Lipinski definition) is 0. The summed E-state index contributed by atoms with van der Waals surface area (Å²) < 4.78 is 141. The van der Waals surface area contributed by atoms with Crippen LogP contribution in [0.25, 0.3) is 65.4 Å². The van der Waals surface area contributed by atoms with Crippen LogP contribution in [0.1, 0.15) is 17.1 Å². The van der Waals surface area contributed by atoms with Crippen molar-refractivity contribution < 1.29 is 39.5 Å². The van der Waals surface area contributed by atoms with Gasteiger partial charge in [-0.15, -0.1) is 0 Å². The Balaban J connectivity index is 1.95. The van der Waals surface area contributed by atoms with Crippen LogP contribution in [0.5, 0.6) is 0 Å². The number of nitriles is 3. The minimum Gasteiger partial charge on any atom is -0.228 e. The lowest BCUT2D eigenvalue weighted by atomic mass is 9.90. The number of aromatic nitrogens is 6. The molecular weight excluding hydrogens is 621 g/mol. The first-order chi connectivity index (χ1) is 21.4. The van der Waals surface area contributed by atoms with Crippen molar-refractivity contribution in [3.8, 4) is 18.2 Å². The molecule has 0 aliphatic heterocycles. The molecule has 45 heavy (non-hydrogen) atoms. The summed E-state index contributed by atoms with van der Waals surface area (Å²) >= 11 is 0. The second kappa shape index (κ2) is 9.01. The van der Waals surface area contributed by atoms with E-state index in [1.165, 1.54) is 18.2 Å². The first-order valence-electron chi connectivity index (χ1n) is 11.8. The van der Waals surface area contributed by atoms with Crippen LogP contribution in [0.3, 0.4) is 0 Å². The summed E-state index contributed by atoms with van der Waals surface area (Å²) in [6.07, 6.45) is 0. The molecule has 0 aliphatic carbocycles. The molecule has 0 fully saturated rings. The van der Waals surface area contributed by atoms with Crippen LogP contribution in [-0.4, -0.2) is 29.9 Å². The van der Waals surface area contributed by atoms with Gasteiger partial charge in [-0.1, -0.05) is 0 Å². The van der Waals surface area contributed by atoms with Crippen molar-refractivity contribution in [1.82, 2.24) is 29.9 Å². The molecule has 9 nitrogen and oxygen atoms in total. The van der Waals surface area contributed by atoms with Crippen LogP contribution in [0.2, 0.25) is 0 Å². The topological polar surface area (TPSA) is 149 Å². The van der Waals surface area contributed by atoms with Gasteiger partial charge in [0.1, 0.15) is 51.3 Å². The van der Waals surface area contributed by atoms with Crippen molar-refractivity contribution in [3.05, 3.63) is 69.8 Å². The molecule has 0 amide bonds. The number of fused-ring (bicyclic) bond motifs is 9. The zero-order valence-corrected chi connectivity index (χ0v) is 20.9. The molecule has 3 aromatic heterocycles. The summed E-state index contributed by atoms with van der Waals surface area (Å²) in [7, 11) is 0. The second-order valence-electron chi connectivity index (χ2n) is 9.15. The van der Waals surface area contributed by atoms with Crippen LogP contribution in [-0.2, 0) is 0 Å². The van der Waals surface area contributed by atoms with E-state index in [9.17, 15) is 13.2 Å². The lowest BCUT2D eigenvalue weighted by Crippen LogP contribution is -2.07. The van der Waals surface area contributed by atoms with E-state index >= 15 is 26.3 Å². The molecule has 0 saturated heterocycles. The Morgan fingerprint density at radius 2 is 0.489 bits per heavy atom. The van der Waals surface area contributed by atoms with E-state index in [1.807, 2.05) is 0 Å². The van der Waals surface area contributed by atoms with E-state index in [4.69, 9.17) is 15.8 Å². The summed E-state index contributed by atoms with van der Waals surface area (Å²) in [6, 6.07) is 3.67. The number of nitrogens with zero attached hydrogens (tertiary/aromatic N) is 9. The van der Waals surface area contributed by atoms with Gasteiger partial charge in [0.05, 0.1) is 0 Å². The van der Waals surface area contributed by atoms with E-state index in [0.29, 0.717) is 0 Å². The van der Waals surface area contributed by atoms with Gasteiger partial charge in [-0.2, -0.15) is 29.0 Å². The number of halogens is 9. The van der Waals surface area contributed by atoms with Gasteiger partial charge in [0.25, 0.3) is 0 Å². The first-order valence-corrected chi connectivity index (χ1v) is 11.8. The van der Waals surface area contributed by atoms with E-state index in [-0.39, 0.29) is 0 Å². The molecule has 0 atom stereocenters. The third-order valence-electron chi connectivity index (χ3n) is 6.94. The standard InChI is InChI=1S/C27F9N9/c28-13-7-10(16(31)22-19(13)40-4(1-37)25(34)43-22)8-12(18(33)24-20(14(8)29)41-6(3-39)27(36)45-24)9-11(7)17(32)23-21(15(9)30)42-5(2-38)26(35)44-23. The minimum atomic E-state index is -1.88. The Labute approximate surface area is 239 Å². The van der Waals surface area contributed by atoms with Gasteiger partial charge in [-0.25, -0.2) is 56.2 Å². The highest BCUT2D eigenvalue weighted by molar-refractivity contribution is 6.30. The van der Waals surface area contributed by atoms with Crippen LogP contribution >= 0.6 is 0 Å². The number of hydrogen-bond acceptors (Lipinski definition) is 9. The predicted molar refractivity (Wildman–Crippen MR) is 132 cm³/mol. The quantitative estimate of drug-likeness (QED) is 0.116. The Morgan fingerprint density at radius 1 is 0.311 bits per heavy atom. The third kappa shape index (κ3) is 3.31. The predicted octanol–water partition coefficient (Wildman–Crippen LogP) is 5.84. The Bertz CT molecular complexity index is 2420. The van der Waals surface area contributed by atoms with Gasteiger partial charge >= 0.3 is 0 Å². The molecule has 0 radical (unpaired) electrons. The summed E-state index contributed by atoms with van der Waals surface area (Å²) in [5.74, 6) is -16.3. The Morgan fingerprint density at radius 3 is 0.667 bits per heavy atom. The van der Waals surface area contributed by atoms with Crippen molar-refractivity contribution in [2.45, 2.75) is 0 Å². The maximum absolute atomic E-state index is 16.3. The van der Waals surface area contributed by atoms with Gasteiger partial charge < -0.3 is 0 Å². The maximum Gasteiger partial charge on any atom is 0.250 e. The fraction of sp³-hybridized carbons (Fsp3) is 0. The van der Waals surface area contributed by atoms with Gasteiger partial charge in [-0.3, -0.25) is 0 Å². The highest BCUT2D eigenvalue weighted by atomic mass is 19.2. The van der Waals surface area contributed by atoms with Crippen LogP contribution in [0.4, 0.5) is 39.5 Å². The molecule has 0 N–H and O–H groups in total. The highest BCUT2D eigenvalue weighted by Crippen LogP contribution is 2.47. The van der Waals surface area contributed by atoms with Crippen LogP contribution in [0.15, 0.2) is 0 Å². The molecule has 0 bridgehead atoms. The van der Waals surface area contributed by atoms with E-state index < -0.39 is 135 Å². The van der Waals surface area contributed by atoms with E-state index in [1.54, 1.807) is 0 Å². The molecular formula is C27F9N9. The molecule has 7 rings (SSSR count). The lowest BCUT2D eigenvalue weighted by Gasteiger charge is -2.17. The van der Waals surface area contributed by atoms with E-state index in [2.05, 4.69) is 29.9 Å². The van der Waals surface area contributed by atoms with Crippen molar-refractivity contribution in [2.24, 2.45) is 0 Å².